The zero-order valence-corrected chi connectivity index (χ0v) is 9.34. The molecule has 0 aromatic rings. The van der Waals surface area contributed by atoms with E-state index in [2.05, 4.69) is 25.7 Å². The van der Waals surface area contributed by atoms with Gasteiger partial charge in [-0.25, -0.2) is 0 Å². The van der Waals surface area contributed by atoms with Crippen LogP contribution in [-0.2, 0) is 0 Å². The van der Waals surface area contributed by atoms with Crippen molar-refractivity contribution in [1.29, 1.82) is 0 Å². The molecule has 1 aliphatic rings. The van der Waals surface area contributed by atoms with Crippen LogP contribution in [0.15, 0.2) is 0 Å². The summed E-state index contributed by atoms with van der Waals surface area (Å²) in [5.74, 6) is 0. The molecule has 1 heterocycles. The van der Waals surface area contributed by atoms with Crippen molar-refractivity contribution in [3.63, 3.8) is 0 Å². The Morgan fingerprint density at radius 2 is 2.08 bits per heavy atom. The van der Waals surface area contributed by atoms with Crippen LogP contribution in [0, 0.1) is 0 Å². The molecule has 2 heteroatoms. The number of likely N-dealkylation sites (tertiary alicyclic amines) is 1. The zero-order chi connectivity index (χ0) is 9.90. The Hall–Kier alpha value is -0.0800. The highest BCUT2D eigenvalue weighted by atomic mass is 15.2. The number of piperidine rings is 1. The van der Waals surface area contributed by atoms with E-state index in [0.29, 0.717) is 0 Å². The maximum Gasteiger partial charge on any atom is 0.0109 e. The van der Waals surface area contributed by atoms with E-state index in [1.165, 1.54) is 32.4 Å². The molecule has 0 bridgehead atoms. The minimum absolute atomic E-state index is 0.00281. The van der Waals surface area contributed by atoms with Gasteiger partial charge < -0.3 is 10.6 Å². The standard InChI is InChI=1S/C11H24N2/c1-10-6-4-5-8-13(10)9-7-11(2,3)12/h10H,4-9,12H2,1-3H3. The van der Waals surface area contributed by atoms with Crippen LogP contribution in [0.5, 0.6) is 0 Å². The molecule has 0 aromatic carbocycles. The predicted molar refractivity (Wildman–Crippen MR) is 57.8 cm³/mol. The van der Waals surface area contributed by atoms with Crippen LogP contribution in [0.25, 0.3) is 0 Å². The van der Waals surface area contributed by atoms with Gasteiger partial charge in [-0.2, -0.15) is 0 Å². The summed E-state index contributed by atoms with van der Waals surface area (Å²) in [4.78, 5) is 2.58. The van der Waals surface area contributed by atoms with Gasteiger partial charge in [0.25, 0.3) is 0 Å². The fourth-order valence-corrected chi connectivity index (χ4v) is 1.92. The topological polar surface area (TPSA) is 29.3 Å². The van der Waals surface area contributed by atoms with Gasteiger partial charge in [0.15, 0.2) is 0 Å². The van der Waals surface area contributed by atoms with E-state index in [1.54, 1.807) is 0 Å². The summed E-state index contributed by atoms with van der Waals surface area (Å²) in [7, 11) is 0. The Morgan fingerprint density at radius 1 is 1.38 bits per heavy atom. The average Bonchev–Trinajstić information content (AvgIpc) is 2.01. The van der Waals surface area contributed by atoms with Crippen molar-refractivity contribution in [3.05, 3.63) is 0 Å². The van der Waals surface area contributed by atoms with E-state index in [0.717, 1.165) is 12.5 Å². The van der Waals surface area contributed by atoms with Crippen molar-refractivity contribution in [1.82, 2.24) is 4.90 Å². The normalized spacial score (nSPS) is 26.3. The summed E-state index contributed by atoms with van der Waals surface area (Å²) in [5, 5.41) is 0. The molecule has 78 valence electrons. The molecule has 1 fully saturated rings. The van der Waals surface area contributed by atoms with Crippen molar-refractivity contribution in [3.8, 4) is 0 Å². The smallest absolute Gasteiger partial charge is 0.0109 e. The Labute approximate surface area is 82.5 Å². The van der Waals surface area contributed by atoms with E-state index >= 15 is 0 Å². The van der Waals surface area contributed by atoms with Crippen LogP contribution in [0.1, 0.15) is 46.5 Å². The molecule has 2 N–H and O–H groups in total. The largest absolute Gasteiger partial charge is 0.326 e. The van der Waals surface area contributed by atoms with Gasteiger partial charge in [-0.1, -0.05) is 6.42 Å². The summed E-state index contributed by atoms with van der Waals surface area (Å²) in [6.07, 6.45) is 5.25. The number of nitrogens with two attached hydrogens (primary N) is 1. The highest BCUT2D eigenvalue weighted by molar-refractivity contribution is 4.78. The van der Waals surface area contributed by atoms with E-state index in [4.69, 9.17) is 5.73 Å². The molecular weight excluding hydrogens is 160 g/mol. The lowest BCUT2D eigenvalue weighted by molar-refractivity contribution is 0.149. The first-order valence-corrected chi connectivity index (χ1v) is 5.52. The Kier molecular flexibility index (Phi) is 3.74. The fraction of sp³-hybridized carbons (Fsp3) is 1.00. The zero-order valence-electron chi connectivity index (χ0n) is 9.34. The average molecular weight is 184 g/mol. The van der Waals surface area contributed by atoms with E-state index in [-0.39, 0.29) is 5.54 Å². The lowest BCUT2D eigenvalue weighted by atomic mass is 9.99. The molecule has 0 spiro atoms. The quantitative estimate of drug-likeness (QED) is 0.727. The molecule has 1 saturated heterocycles. The fourth-order valence-electron chi connectivity index (χ4n) is 1.92. The molecule has 13 heavy (non-hydrogen) atoms. The second kappa shape index (κ2) is 4.43. The van der Waals surface area contributed by atoms with Gasteiger partial charge in [-0.15, -0.1) is 0 Å². The Morgan fingerprint density at radius 3 is 2.62 bits per heavy atom. The molecule has 2 nitrogen and oxygen atoms in total. The first kappa shape index (κ1) is 11.0. The summed E-state index contributed by atoms with van der Waals surface area (Å²) in [5.41, 5.74) is 5.97. The van der Waals surface area contributed by atoms with Gasteiger partial charge in [-0.05, 0) is 46.6 Å². The van der Waals surface area contributed by atoms with Crippen LogP contribution in [-0.4, -0.2) is 29.6 Å². The first-order valence-electron chi connectivity index (χ1n) is 5.52. The molecule has 1 rings (SSSR count). The summed E-state index contributed by atoms with van der Waals surface area (Å²) >= 11 is 0. The van der Waals surface area contributed by atoms with Crippen molar-refractivity contribution in [2.75, 3.05) is 13.1 Å². The minimum Gasteiger partial charge on any atom is -0.326 e. The Balaban J connectivity index is 2.27. The molecule has 0 amide bonds. The third-order valence-electron chi connectivity index (χ3n) is 2.98. The minimum atomic E-state index is -0.00281. The van der Waals surface area contributed by atoms with E-state index in [9.17, 15) is 0 Å². The maximum atomic E-state index is 5.97. The third kappa shape index (κ3) is 4.10. The van der Waals surface area contributed by atoms with Gasteiger partial charge >= 0.3 is 0 Å². The van der Waals surface area contributed by atoms with Gasteiger partial charge in [0.05, 0.1) is 0 Å². The maximum absolute atomic E-state index is 5.97. The van der Waals surface area contributed by atoms with Crippen molar-refractivity contribution in [2.45, 2.75) is 58.0 Å². The van der Waals surface area contributed by atoms with E-state index in [1.807, 2.05) is 0 Å². The second-order valence-electron chi connectivity index (χ2n) is 5.12. The molecule has 1 aliphatic heterocycles. The van der Waals surface area contributed by atoms with Crippen LogP contribution < -0.4 is 5.73 Å². The van der Waals surface area contributed by atoms with Crippen LogP contribution in [0.4, 0.5) is 0 Å². The molecular formula is C11H24N2. The molecule has 0 aromatic heterocycles. The van der Waals surface area contributed by atoms with Crippen molar-refractivity contribution >= 4 is 0 Å². The lowest BCUT2D eigenvalue weighted by Crippen LogP contribution is -2.42. The highest BCUT2D eigenvalue weighted by Gasteiger charge is 2.20. The van der Waals surface area contributed by atoms with Crippen molar-refractivity contribution in [2.24, 2.45) is 5.73 Å². The molecule has 1 unspecified atom stereocenters. The summed E-state index contributed by atoms with van der Waals surface area (Å²) < 4.78 is 0. The van der Waals surface area contributed by atoms with Crippen molar-refractivity contribution < 1.29 is 0 Å². The molecule has 1 atom stereocenters. The number of rotatable bonds is 3. The monoisotopic (exact) mass is 184 g/mol. The van der Waals surface area contributed by atoms with Crippen LogP contribution >= 0.6 is 0 Å². The van der Waals surface area contributed by atoms with Gasteiger partial charge in [-0.3, -0.25) is 0 Å². The third-order valence-corrected chi connectivity index (χ3v) is 2.98. The second-order valence-corrected chi connectivity index (χ2v) is 5.12. The Bertz CT molecular complexity index is 149. The van der Waals surface area contributed by atoms with Gasteiger partial charge in [0.2, 0.25) is 0 Å². The lowest BCUT2D eigenvalue weighted by Gasteiger charge is -2.35. The van der Waals surface area contributed by atoms with Gasteiger partial charge in [0, 0.05) is 18.1 Å². The first-order chi connectivity index (χ1) is 5.99. The number of hydrogen-bond donors (Lipinski definition) is 1. The van der Waals surface area contributed by atoms with Crippen LogP contribution in [0.2, 0.25) is 0 Å². The van der Waals surface area contributed by atoms with Gasteiger partial charge in [0.1, 0.15) is 0 Å². The SMILES string of the molecule is CC1CCCCN1CCC(C)(C)N. The highest BCUT2D eigenvalue weighted by Crippen LogP contribution is 2.17. The molecule has 0 aliphatic carbocycles. The number of hydrogen-bond acceptors (Lipinski definition) is 2. The number of nitrogens with zero attached hydrogens (tertiary/aromatic N) is 1. The summed E-state index contributed by atoms with van der Waals surface area (Å²) in [6, 6.07) is 0.774. The molecule has 0 radical (unpaired) electrons. The van der Waals surface area contributed by atoms with E-state index < -0.39 is 0 Å². The predicted octanol–water partition coefficient (Wildman–Crippen LogP) is 1.99. The van der Waals surface area contributed by atoms with Crippen LogP contribution in [0.3, 0.4) is 0 Å². The molecule has 0 saturated carbocycles. The summed E-state index contributed by atoms with van der Waals surface area (Å²) in [6.45, 7) is 9.01.